The van der Waals surface area contributed by atoms with E-state index in [0.717, 1.165) is 39.5 Å². The predicted molar refractivity (Wildman–Crippen MR) is 101 cm³/mol. The Kier molecular flexibility index (Phi) is 3.21. The number of anilines is 1. The molecule has 0 unspecified atom stereocenters. The fraction of sp³-hybridized carbons (Fsp3) is 0.211. The molecule has 0 atom stereocenters. The van der Waals surface area contributed by atoms with E-state index in [1.165, 1.54) is 12.8 Å². The number of aromatic nitrogens is 4. The molecular formula is C19H18N6O. The zero-order valence-corrected chi connectivity index (χ0v) is 14.0. The molecule has 4 aromatic rings. The molecule has 7 nitrogen and oxygen atoms in total. The molecular weight excluding hydrogens is 328 g/mol. The standard InChI is InChI=1S/C19H18N6O/c20-17-5-13-15(8-21-16(13)9-22-17)11-3-12-7-24-25-18(12)14(4-11)19(26)23-6-10-1-2-10/h3-5,7-10,21H,1-2,6H2,(H2,20,22)(H,23,26)(H,24,25). The zero-order valence-electron chi connectivity index (χ0n) is 14.0. The number of benzene rings is 1. The maximum atomic E-state index is 12.7. The highest BCUT2D eigenvalue weighted by Crippen LogP contribution is 2.33. The number of nitrogens with one attached hydrogen (secondary N) is 3. The van der Waals surface area contributed by atoms with E-state index in [1.54, 1.807) is 12.4 Å². The molecule has 1 aliphatic rings. The summed E-state index contributed by atoms with van der Waals surface area (Å²) in [4.78, 5) is 20.1. The molecule has 0 spiro atoms. The normalized spacial score (nSPS) is 14.2. The van der Waals surface area contributed by atoms with Crippen LogP contribution in [0.2, 0.25) is 0 Å². The van der Waals surface area contributed by atoms with Crippen molar-refractivity contribution < 1.29 is 4.79 Å². The Bertz CT molecular complexity index is 1140. The summed E-state index contributed by atoms with van der Waals surface area (Å²) < 4.78 is 0. The van der Waals surface area contributed by atoms with Gasteiger partial charge in [-0.25, -0.2) is 4.98 Å². The maximum Gasteiger partial charge on any atom is 0.253 e. The summed E-state index contributed by atoms with van der Waals surface area (Å²) in [6, 6.07) is 5.77. The summed E-state index contributed by atoms with van der Waals surface area (Å²) in [5.74, 6) is 1.02. The first-order valence-corrected chi connectivity index (χ1v) is 8.67. The minimum atomic E-state index is -0.0750. The highest BCUT2D eigenvalue weighted by Gasteiger charge is 2.23. The van der Waals surface area contributed by atoms with Crippen LogP contribution in [0.1, 0.15) is 23.2 Å². The molecule has 5 rings (SSSR count). The van der Waals surface area contributed by atoms with Crippen LogP contribution < -0.4 is 11.1 Å². The number of amides is 1. The number of H-pyrrole nitrogens is 2. The third-order valence-electron chi connectivity index (χ3n) is 4.94. The van der Waals surface area contributed by atoms with E-state index in [4.69, 9.17) is 5.73 Å². The van der Waals surface area contributed by atoms with Gasteiger partial charge in [0.15, 0.2) is 0 Å². The van der Waals surface area contributed by atoms with Crippen LogP contribution in [-0.4, -0.2) is 32.6 Å². The number of hydrogen-bond donors (Lipinski definition) is 4. The third kappa shape index (κ3) is 2.48. The molecule has 7 heteroatoms. The number of aromatic amines is 2. The van der Waals surface area contributed by atoms with E-state index in [2.05, 4.69) is 25.5 Å². The van der Waals surface area contributed by atoms with Crippen LogP contribution in [0.5, 0.6) is 0 Å². The van der Waals surface area contributed by atoms with Crippen molar-refractivity contribution in [2.45, 2.75) is 12.8 Å². The second kappa shape index (κ2) is 5.59. The molecule has 0 radical (unpaired) electrons. The Hall–Kier alpha value is -3.35. The van der Waals surface area contributed by atoms with Gasteiger partial charge >= 0.3 is 0 Å². The summed E-state index contributed by atoms with van der Waals surface area (Å²) in [7, 11) is 0. The fourth-order valence-electron chi connectivity index (χ4n) is 3.32. The first-order chi connectivity index (χ1) is 12.7. The summed E-state index contributed by atoms with van der Waals surface area (Å²) in [5, 5.41) is 12.0. The van der Waals surface area contributed by atoms with E-state index in [0.29, 0.717) is 17.3 Å². The van der Waals surface area contributed by atoms with Gasteiger partial charge < -0.3 is 16.0 Å². The van der Waals surface area contributed by atoms with Crippen molar-refractivity contribution in [1.82, 2.24) is 25.5 Å². The average Bonchev–Trinajstić information content (AvgIpc) is 3.19. The van der Waals surface area contributed by atoms with Crippen molar-refractivity contribution in [3.63, 3.8) is 0 Å². The second-order valence-electron chi connectivity index (χ2n) is 6.87. The molecule has 3 aromatic heterocycles. The molecule has 26 heavy (non-hydrogen) atoms. The lowest BCUT2D eigenvalue weighted by Gasteiger charge is -2.08. The van der Waals surface area contributed by atoms with Gasteiger partial charge in [-0.1, -0.05) is 0 Å². The Labute approximate surface area is 149 Å². The Balaban J connectivity index is 1.63. The molecule has 3 heterocycles. The number of nitrogen functional groups attached to an aromatic ring is 1. The van der Waals surface area contributed by atoms with Crippen LogP contribution in [0.3, 0.4) is 0 Å². The first-order valence-electron chi connectivity index (χ1n) is 8.67. The van der Waals surface area contributed by atoms with E-state index in [-0.39, 0.29) is 5.91 Å². The summed E-state index contributed by atoms with van der Waals surface area (Å²) in [5.41, 5.74) is 10.0. The fourth-order valence-corrected chi connectivity index (χ4v) is 3.32. The summed E-state index contributed by atoms with van der Waals surface area (Å²) >= 11 is 0. The monoisotopic (exact) mass is 346 g/mol. The van der Waals surface area contributed by atoms with Gasteiger partial charge in [-0.2, -0.15) is 5.10 Å². The van der Waals surface area contributed by atoms with E-state index >= 15 is 0 Å². The van der Waals surface area contributed by atoms with Crippen molar-refractivity contribution in [2.75, 3.05) is 12.3 Å². The number of nitrogens with zero attached hydrogens (tertiary/aromatic N) is 2. The van der Waals surface area contributed by atoms with Crippen molar-refractivity contribution in [3.05, 3.63) is 42.4 Å². The van der Waals surface area contributed by atoms with E-state index in [1.807, 2.05) is 24.4 Å². The molecule has 5 N–H and O–H groups in total. The van der Waals surface area contributed by atoms with Gasteiger partial charge in [0, 0.05) is 29.1 Å². The van der Waals surface area contributed by atoms with E-state index in [9.17, 15) is 4.79 Å². The van der Waals surface area contributed by atoms with Gasteiger partial charge in [0.05, 0.1) is 29.0 Å². The highest BCUT2D eigenvalue weighted by molar-refractivity contribution is 6.08. The number of fused-ring (bicyclic) bond motifs is 2. The lowest BCUT2D eigenvalue weighted by Crippen LogP contribution is -2.25. The van der Waals surface area contributed by atoms with Gasteiger partial charge in [-0.15, -0.1) is 0 Å². The topological polar surface area (TPSA) is 112 Å². The molecule has 1 saturated carbocycles. The van der Waals surface area contributed by atoms with Gasteiger partial charge in [0.1, 0.15) is 5.82 Å². The van der Waals surface area contributed by atoms with Crippen LogP contribution in [0, 0.1) is 5.92 Å². The Morgan fingerprint density at radius 1 is 1.27 bits per heavy atom. The minimum absolute atomic E-state index is 0.0750. The molecule has 1 aromatic carbocycles. The Morgan fingerprint density at radius 3 is 3.00 bits per heavy atom. The number of hydrogen-bond acceptors (Lipinski definition) is 4. The number of carbonyl (C=O) groups is 1. The number of carbonyl (C=O) groups excluding carboxylic acids is 1. The second-order valence-corrected chi connectivity index (χ2v) is 6.87. The van der Waals surface area contributed by atoms with Crippen LogP contribution in [0.4, 0.5) is 5.82 Å². The molecule has 0 aliphatic heterocycles. The first kappa shape index (κ1) is 14.9. The molecule has 1 fully saturated rings. The van der Waals surface area contributed by atoms with Gasteiger partial charge in [0.2, 0.25) is 0 Å². The third-order valence-corrected chi connectivity index (χ3v) is 4.94. The lowest BCUT2D eigenvalue weighted by molar-refractivity contribution is 0.0953. The van der Waals surface area contributed by atoms with Gasteiger partial charge in [0.25, 0.3) is 5.91 Å². The molecule has 1 aliphatic carbocycles. The molecule has 0 bridgehead atoms. The number of nitrogens with two attached hydrogens (primary N) is 1. The number of rotatable bonds is 4. The van der Waals surface area contributed by atoms with Crippen molar-refractivity contribution in [2.24, 2.45) is 5.92 Å². The molecule has 130 valence electrons. The number of pyridine rings is 1. The lowest BCUT2D eigenvalue weighted by atomic mass is 10.00. The quantitative estimate of drug-likeness (QED) is 0.455. The van der Waals surface area contributed by atoms with Crippen LogP contribution in [-0.2, 0) is 0 Å². The maximum absolute atomic E-state index is 12.7. The van der Waals surface area contributed by atoms with Gasteiger partial charge in [-0.05, 0) is 42.5 Å². The van der Waals surface area contributed by atoms with Crippen molar-refractivity contribution >= 4 is 33.5 Å². The predicted octanol–water partition coefficient (Wildman–Crippen LogP) is 2.83. The SMILES string of the molecule is Nc1cc2c(-c3cc(C(=O)NCC4CC4)c4[nH]ncc4c3)c[nH]c2cn1. The smallest absolute Gasteiger partial charge is 0.253 e. The highest BCUT2D eigenvalue weighted by atomic mass is 16.1. The summed E-state index contributed by atoms with van der Waals surface area (Å²) in [6.07, 6.45) is 7.77. The Morgan fingerprint density at radius 2 is 2.15 bits per heavy atom. The van der Waals surface area contributed by atoms with Crippen LogP contribution >= 0.6 is 0 Å². The zero-order chi connectivity index (χ0) is 17.7. The van der Waals surface area contributed by atoms with Crippen molar-refractivity contribution in [3.8, 4) is 11.1 Å². The van der Waals surface area contributed by atoms with Crippen LogP contribution in [0.15, 0.2) is 36.8 Å². The van der Waals surface area contributed by atoms with Gasteiger partial charge in [-0.3, -0.25) is 9.89 Å². The largest absolute Gasteiger partial charge is 0.384 e. The summed E-state index contributed by atoms with van der Waals surface area (Å²) in [6.45, 7) is 0.730. The molecule has 1 amide bonds. The molecule has 0 saturated heterocycles. The average molecular weight is 346 g/mol. The van der Waals surface area contributed by atoms with Crippen molar-refractivity contribution in [1.29, 1.82) is 0 Å². The van der Waals surface area contributed by atoms with Crippen LogP contribution in [0.25, 0.3) is 32.9 Å². The van der Waals surface area contributed by atoms with E-state index < -0.39 is 0 Å². The minimum Gasteiger partial charge on any atom is -0.384 e.